The summed E-state index contributed by atoms with van der Waals surface area (Å²) in [6.45, 7) is 0.265. The average molecular weight is 428 g/mol. The number of hydrogen-bond donors (Lipinski definition) is 0. The molecule has 0 N–H and O–H groups in total. The Balaban J connectivity index is 1.80. The van der Waals surface area contributed by atoms with Gasteiger partial charge in [0, 0.05) is 19.2 Å². The molecule has 0 bridgehead atoms. The van der Waals surface area contributed by atoms with Gasteiger partial charge in [-0.25, -0.2) is 13.9 Å². The zero-order valence-corrected chi connectivity index (χ0v) is 16.3. The molecule has 4 aromatic rings. The van der Waals surface area contributed by atoms with E-state index < -0.39 is 23.6 Å². The maximum Gasteiger partial charge on any atom is 0.433 e. The second-order valence-corrected chi connectivity index (χ2v) is 6.97. The van der Waals surface area contributed by atoms with Crippen LogP contribution in [0.5, 0.6) is 0 Å². The van der Waals surface area contributed by atoms with Gasteiger partial charge in [0.2, 0.25) is 0 Å². The largest absolute Gasteiger partial charge is 0.433 e. The van der Waals surface area contributed by atoms with Crippen molar-refractivity contribution in [3.05, 3.63) is 89.5 Å². The van der Waals surface area contributed by atoms with Gasteiger partial charge in [0.25, 0.3) is 5.91 Å². The molecule has 158 valence electrons. The van der Waals surface area contributed by atoms with Crippen LogP contribution in [0.25, 0.3) is 16.9 Å². The number of benzene rings is 2. The van der Waals surface area contributed by atoms with Crippen molar-refractivity contribution < 1.29 is 22.4 Å². The zero-order chi connectivity index (χ0) is 22.2. The molecule has 0 aliphatic heterocycles. The molecule has 0 saturated carbocycles. The van der Waals surface area contributed by atoms with Gasteiger partial charge >= 0.3 is 6.18 Å². The van der Waals surface area contributed by atoms with Gasteiger partial charge in [0.1, 0.15) is 11.4 Å². The summed E-state index contributed by atoms with van der Waals surface area (Å²) in [5, 5.41) is 3.77. The van der Waals surface area contributed by atoms with Crippen molar-refractivity contribution in [1.82, 2.24) is 19.5 Å². The minimum absolute atomic E-state index is 0.0416. The lowest BCUT2D eigenvalue weighted by molar-refractivity contribution is -0.142. The number of nitrogens with zero attached hydrogens (tertiary/aromatic N) is 4. The van der Waals surface area contributed by atoms with E-state index in [1.807, 2.05) is 30.3 Å². The number of fused-ring (bicyclic) bond motifs is 1. The molecule has 0 unspecified atom stereocenters. The fourth-order valence-electron chi connectivity index (χ4n) is 3.22. The van der Waals surface area contributed by atoms with Crippen molar-refractivity contribution in [2.45, 2.75) is 12.7 Å². The predicted molar refractivity (Wildman–Crippen MR) is 106 cm³/mol. The summed E-state index contributed by atoms with van der Waals surface area (Å²) in [4.78, 5) is 18.6. The van der Waals surface area contributed by atoms with Gasteiger partial charge in [-0.15, -0.1) is 0 Å². The number of hydrogen-bond acceptors (Lipinski definition) is 3. The second-order valence-electron chi connectivity index (χ2n) is 6.97. The molecule has 0 atom stereocenters. The van der Waals surface area contributed by atoms with E-state index in [0.29, 0.717) is 4.52 Å². The number of carbonyl (C=O) groups is 1. The first kappa shape index (κ1) is 20.5. The van der Waals surface area contributed by atoms with Gasteiger partial charge in [-0.1, -0.05) is 30.3 Å². The van der Waals surface area contributed by atoms with E-state index in [0.717, 1.165) is 30.0 Å². The fourth-order valence-corrected chi connectivity index (χ4v) is 3.22. The zero-order valence-electron chi connectivity index (χ0n) is 16.3. The lowest BCUT2D eigenvalue weighted by Crippen LogP contribution is -2.26. The molecule has 2 aromatic carbocycles. The molecule has 2 aromatic heterocycles. The first-order valence-corrected chi connectivity index (χ1v) is 9.25. The Bertz CT molecular complexity index is 1230. The van der Waals surface area contributed by atoms with Crippen LogP contribution in [0, 0.1) is 5.82 Å². The Hall–Kier alpha value is -3.75. The van der Waals surface area contributed by atoms with E-state index in [9.17, 15) is 22.4 Å². The third-order valence-electron chi connectivity index (χ3n) is 4.74. The minimum Gasteiger partial charge on any atom is -0.337 e. The lowest BCUT2D eigenvalue weighted by Gasteiger charge is -2.17. The quantitative estimate of drug-likeness (QED) is 0.438. The summed E-state index contributed by atoms with van der Waals surface area (Å²) < 4.78 is 54.9. The highest BCUT2D eigenvalue weighted by molar-refractivity contribution is 5.99. The fraction of sp³-hybridized carbons (Fsp3) is 0.136. The SMILES string of the molecule is CN(Cc1ccccc1)C(=O)c1cnn2c(C(F)(F)F)cc(-c3ccc(F)cc3)nc12. The first-order valence-electron chi connectivity index (χ1n) is 9.25. The van der Waals surface area contributed by atoms with E-state index >= 15 is 0 Å². The van der Waals surface area contributed by atoms with Crippen molar-refractivity contribution in [1.29, 1.82) is 0 Å². The Labute approximate surface area is 174 Å². The third kappa shape index (κ3) is 4.11. The number of aromatic nitrogens is 3. The molecular weight excluding hydrogens is 412 g/mol. The molecule has 0 spiro atoms. The lowest BCUT2D eigenvalue weighted by atomic mass is 10.1. The predicted octanol–water partition coefficient (Wildman–Crippen LogP) is 4.83. The van der Waals surface area contributed by atoms with E-state index in [1.54, 1.807) is 7.05 Å². The molecule has 0 fully saturated rings. The molecule has 0 saturated heterocycles. The average Bonchev–Trinajstić information content (AvgIpc) is 3.17. The Morgan fingerprint density at radius 1 is 1.06 bits per heavy atom. The van der Waals surface area contributed by atoms with Gasteiger partial charge in [-0.3, -0.25) is 4.79 Å². The number of carbonyl (C=O) groups excluding carboxylic acids is 1. The number of amides is 1. The smallest absolute Gasteiger partial charge is 0.337 e. The maximum atomic E-state index is 13.7. The molecule has 31 heavy (non-hydrogen) atoms. The summed E-state index contributed by atoms with van der Waals surface area (Å²) in [7, 11) is 1.55. The highest BCUT2D eigenvalue weighted by Crippen LogP contribution is 2.33. The highest BCUT2D eigenvalue weighted by Gasteiger charge is 2.36. The van der Waals surface area contributed by atoms with E-state index in [1.165, 1.54) is 17.0 Å². The number of halogens is 4. The van der Waals surface area contributed by atoms with Crippen LogP contribution < -0.4 is 0 Å². The minimum atomic E-state index is -4.74. The maximum absolute atomic E-state index is 13.7. The van der Waals surface area contributed by atoms with Crippen LogP contribution in [0.15, 0.2) is 66.9 Å². The molecule has 2 heterocycles. The van der Waals surface area contributed by atoms with Crippen LogP contribution in [-0.4, -0.2) is 32.5 Å². The normalized spacial score (nSPS) is 11.6. The van der Waals surface area contributed by atoms with Gasteiger partial charge in [0.05, 0.1) is 11.9 Å². The van der Waals surface area contributed by atoms with Crippen LogP contribution in [0.1, 0.15) is 21.6 Å². The van der Waals surface area contributed by atoms with Crippen molar-refractivity contribution >= 4 is 11.6 Å². The van der Waals surface area contributed by atoms with Gasteiger partial charge in [0.15, 0.2) is 11.3 Å². The van der Waals surface area contributed by atoms with Gasteiger partial charge in [-0.2, -0.15) is 18.3 Å². The molecular formula is C22H16F4N4O. The van der Waals surface area contributed by atoms with Crippen molar-refractivity contribution in [2.24, 2.45) is 0 Å². The van der Waals surface area contributed by atoms with E-state index in [4.69, 9.17) is 0 Å². The summed E-state index contributed by atoms with van der Waals surface area (Å²) >= 11 is 0. The molecule has 9 heteroatoms. The van der Waals surface area contributed by atoms with Crippen LogP contribution in [0.4, 0.5) is 17.6 Å². The number of rotatable bonds is 4. The Kier molecular flexibility index (Phi) is 5.18. The number of alkyl halides is 3. The highest BCUT2D eigenvalue weighted by atomic mass is 19.4. The molecule has 5 nitrogen and oxygen atoms in total. The van der Waals surface area contributed by atoms with E-state index in [-0.39, 0.29) is 29.0 Å². The second kappa shape index (κ2) is 7.82. The summed E-state index contributed by atoms with van der Waals surface area (Å²) in [5.74, 6) is -1.04. The standard InChI is InChI=1S/C22H16F4N4O/c1-29(13-14-5-3-2-4-6-14)21(31)17-12-27-30-19(22(24,25)26)11-18(28-20(17)30)15-7-9-16(23)10-8-15/h2-12H,13H2,1H3. The first-order chi connectivity index (χ1) is 14.7. The van der Waals surface area contributed by atoms with Crippen LogP contribution in [-0.2, 0) is 12.7 Å². The van der Waals surface area contributed by atoms with Gasteiger partial charge in [-0.05, 0) is 35.9 Å². The monoisotopic (exact) mass is 428 g/mol. The Morgan fingerprint density at radius 3 is 2.39 bits per heavy atom. The van der Waals surface area contributed by atoms with Crippen molar-refractivity contribution in [3.8, 4) is 11.3 Å². The van der Waals surface area contributed by atoms with Crippen molar-refractivity contribution in [2.75, 3.05) is 7.05 Å². The molecule has 4 rings (SSSR count). The van der Waals surface area contributed by atoms with Gasteiger partial charge < -0.3 is 4.90 Å². The van der Waals surface area contributed by atoms with Crippen LogP contribution >= 0.6 is 0 Å². The van der Waals surface area contributed by atoms with Crippen LogP contribution in [0.2, 0.25) is 0 Å². The molecule has 1 amide bonds. The molecule has 0 aliphatic carbocycles. The van der Waals surface area contributed by atoms with Crippen LogP contribution in [0.3, 0.4) is 0 Å². The molecule has 0 aliphatic rings. The molecule has 0 radical (unpaired) electrons. The summed E-state index contributed by atoms with van der Waals surface area (Å²) in [6, 6.07) is 14.9. The summed E-state index contributed by atoms with van der Waals surface area (Å²) in [6.07, 6.45) is -3.66. The Morgan fingerprint density at radius 2 is 1.74 bits per heavy atom. The van der Waals surface area contributed by atoms with Crippen molar-refractivity contribution in [3.63, 3.8) is 0 Å². The third-order valence-corrected chi connectivity index (χ3v) is 4.74. The topological polar surface area (TPSA) is 50.5 Å². The summed E-state index contributed by atoms with van der Waals surface area (Å²) in [5.41, 5.74) is -0.258. The van der Waals surface area contributed by atoms with E-state index in [2.05, 4.69) is 10.1 Å².